The highest BCUT2D eigenvalue weighted by Crippen LogP contribution is 2.20. The molecule has 23 heavy (non-hydrogen) atoms. The molecule has 1 aromatic heterocycles. The molecule has 1 aromatic rings. The number of carboxylic acids is 2. The molecule has 0 aliphatic carbocycles. The van der Waals surface area contributed by atoms with Crippen LogP contribution >= 0.6 is 11.8 Å². The largest absolute Gasteiger partial charge is 0.481 e. The van der Waals surface area contributed by atoms with Crippen molar-refractivity contribution in [3.8, 4) is 0 Å². The van der Waals surface area contributed by atoms with Crippen LogP contribution in [0, 0.1) is 0 Å². The highest BCUT2D eigenvalue weighted by Gasteiger charge is 2.38. The number of rotatable bonds is 12. The molecule has 3 N–H and O–H groups in total. The summed E-state index contributed by atoms with van der Waals surface area (Å²) in [6, 6.07) is 5.87. The van der Waals surface area contributed by atoms with Gasteiger partial charge in [-0.15, -0.1) is 0 Å². The lowest BCUT2D eigenvalue weighted by Crippen LogP contribution is -2.43. The van der Waals surface area contributed by atoms with E-state index in [1.807, 2.05) is 18.2 Å². The topological polar surface area (TPSA) is 108 Å². The quantitative estimate of drug-likeness (QED) is 0.500. The SMILES string of the molecule is O=C(O)C[C@](O)(CSCCCCCCc1ccccn1)C(=O)O. The minimum atomic E-state index is -2.19. The van der Waals surface area contributed by atoms with Gasteiger partial charge in [0.05, 0.1) is 6.42 Å². The highest BCUT2D eigenvalue weighted by molar-refractivity contribution is 7.99. The molecule has 7 heteroatoms. The van der Waals surface area contributed by atoms with E-state index in [1.54, 1.807) is 6.20 Å². The smallest absolute Gasteiger partial charge is 0.337 e. The Kier molecular flexibility index (Phi) is 8.65. The molecule has 0 spiro atoms. The Bertz CT molecular complexity index is 497. The fourth-order valence-corrected chi connectivity index (χ4v) is 3.21. The fraction of sp³-hybridized carbons (Fsp3) is 0.562. The van der Waals surface area contributed by atoms with Crippen molar-refractivity contribution >= 4 is 23.7 Å². The number of unbranched alkanes of at least 4 members (excludes halogenated alkanes) is 3. The van der Waals surface area contributed by atoms with Crippen LogP contribution in [-0.4, -0.2) is 49.3 Å². The number of thioether (sulfide) groups is 1. The van der Waals surface area contributed by atoms with Crippen molar-refractivity contribution in [2.45, 2.75) is 44.1 Å². The van der Waals surface area contributed by atoms with Gasteiger partial charge < -0.3 is 15.3 Å². The molecule has 0 unspecified atom stereocenters. The van der Waals surface area contributed by atoms with Crippen LogP contribution in [0.2, 0.25) is 0 Å². The van der Waals surface area contributed by atoms with Gasteiger partial charge in [0.1, 0.15) is 0 Å². The number of aryl methyl sites for hydroxylation is 1. The Balaban J connectivity index is 2.10. The van der Waals surface area contributed by atoms with Crippen LogP contribution in [0.25, 0.3) is 0 Å². The number of nitrogens with zero attached hydrogens (tertiary/aromatic N) is 1. The summed E-state index contributed by atoms with van der Waals surface area (Å²) in [6.45, 7) is 0. The molecule has 1 rings (SSSR count). The summed E-state index contributed by atoms with van der Waals surface area (Å²) in [6.07, 6.45) is 6.01. The lowest BCUT2D eigenvalue weighted by Gasteiger charge is -2.20. The second kappa shape index (κ2) is 10.2. The number of aromatic nitrogens is 1. The number of hydrogen-bond acceptors (Lipinski definition) is 5. The molecular weight excluding hydrogens is 318 g/mol. The molecule has 0 saturated carbocycles. The average Bonchev–Trinajstić information content (AvgIpc) is 2.50. The first-order valence-corrected chi connectivity index (χ1v) is 8.75. The van der Waals surface area contributed by atoms with Crippen LogP contribution in [0.5, 0.6) is 0 Å². The van der Waals surface area contributed by atoms with Gasteiger partial charge in [0, 0.05) is 17.6 Å². The minimum Gasteiger partial charge on any atom is -0.481 e. The summed E-state index contributed by atoms with van der Waals surface area (Å²) in [4.78, 5) is 25.8. The summed E-state index contributed by atoms with van der Waals surface area (Å²) in [5, 5.41) is 27.4. The number of aliphatic carboxylic acids is 2. The predicted molar refractivity (Wildman–Crippen MR) is 88.6 cm³/mol. The summed E-state index contributed by atoms with van der Waals surface area (Å²) in [5.41, 5.74) is -1.10. The number of pyridine rings is 1. The Hall–Kier alpha value is -1.60. The van der Waals surface area contributed by atoms with Crippen molar-refractivity contribution in [2.75, 3.05) is 11.5 Å². The van der Waals surface area contributed by atoms with Crippen molar-refractivity contribution < 1.29 is 24.9 Å². The fourth-order valence-electron chi connectivity index (χ4n) is 2.09. The maximum Gasteiger partial charge on any atom is 0.337 e. The summed E-state index contributed by atoms with van der Waals surface area (Å²) in [5.74, 6) is -2.20. The van der Waals surface area contributed by atoms with Crippen LogP contribution in [0.1, 0.15) is 37.8 Å². The van der Waals surface area contributed by atoms with E-state index in [1.165, 1.54) is 11.8 Å². The van der Waals surface area contributed by atoms with Crippen LogP contribution in [0.3, 0.4) is 0 Å². The number of hydrogen-bond donors (Lipinski definition) is 3. The predicted octanol–water partition coefficient (Wildman–Crippen LogP) is 2.21. The van der Waals surface area contributed by atoms with Gasteiger partial charge >= 0.3 is 11.9 Å². The van der Waals surface area contributed by atoms with Crippen LogP contribution in [0.15, 0.2) is 24.4 Å². The Morgan fingerprint density at radius 3 is 2.48 bits per heavy atom. The molecule has 1 heterocycles. The molecule has 0 aliphatic heterocycles. The van der Waals surface area contributed by atoms with Gasteiger partial charge in [-0.1, -0.05) is 18.9 Å². The van der Waals surface area contributed by atoms with Crippen molar-refractivity contribution in [2.24, 2.45) is 0 Å². The van der Waals surface area contributed by atoms with Gasteiger partial charge in [0.2, 0.25) is 0 Å². The van der Waals surface area contributed by atoms with Crippen molar-refractivity contribution in [1.29, 1.82) is 0 Å². The Morgan fingerprint density at radius 1 is 1.13 bits per heavy atom. The molecule has 0 radical (unpaired) electrons. The van der Waals surface area contributed by atoms with E-state index < -0.39 is 24.0 Å². The van der Waals surface area contributed by atoms with Crippen LogP contribution < -0.4 is 0 Å². The van der Waals surface area contributed by atoms with Crippen molar-refractivity contribution in [3.05, 3.63) is 30.1 Å². The first-order valence-electron chi connectivity index (χ1n) is 7.59. The van der Waals surface area contributed by atoms with E-state index in [4.69, 9.17) is 10.2 Å². The Labute approximate surface area is 139 Å². The second-order valence-corrected chi connectivity index (χ2v) is 6.55. The summed E-state index contributed by atoms with van der Waals surface area (Å²) < 4.78 is 0. The number of aliphatic hydroxyl groups is 1. The molecular formula is C16H23NO5S. The zero-order valence-electron chi connectivity index (χ0n) is 13.0. The van der Waals surface area contributed by atoms with E-state index >= 15 is 0 Å². The molecule has 128 valence electrons. The van der Waals surface area contributed by atoms with E-state index in [0.717, 1.165) is 37.8 Å². The van der Waals surface area contributed by atoms with Gasteiger partial charge in [-0.2, -0.15) is 11.8 Å². The third kappa shape index (κ3) is 7.99. The molecule has 0 saturated heterocycles. The van der Waals surface area contributed by atoms with Crippen LogP contribution in [-0.2, 0) is 16.0 Å². The minimum absolute atomic E-state index is 0.109. The standard InChI is InChI=1S/C16H23NO5S/c18-14(19)11-16(22,15(20)21)12-23-10-6-2-1-3-7-13-8-4-5-9-17-13/h4-5,8-9,22H,1-3,6-7,10-12H2,(H,18,19)(H,20,21)/t16-/m0/s1. The van der Waals surface area contributed by atoms with Crippen molar-refractivity contribution in [1.82, 2.24) is 4.98 Å². The molecule has 1 atom stereocenters. The van der Waals surface area contributed by atoms with Gasteiger partial charge in [-0.05, 0) is 37.1 Å². The number of carboxylic acid groups (broad SMARTS) is 2. The molecule has 0 aliphatic rings. The first kappa shape index (κ1) is 19.4. The van der Waals surface area contributed by atoms with E-state index in [0.29, 0.717) is 5.75 Å². The third-order valence-electron chi connectivity index (χ3n) is 3.38. The number of carbonyl (C=O) groups is 2. The molecule has 0 fully saturated rings. The lowest BCUT2D eigenvalue weighted by atomic mass is 10.0. The zero-order valence-corrected chi connectivity index (χ0v) is 13.8. The molecule has 0 bridgehead atoms. The Morgan fingerprint density at radius 2 is 1.87 bits per heavy atom. The first-order chi connectivity index (χ1) is 10.9. The van der Waals surface area contributed by atoms with Crippen molar-refractivity contribution in [3.63, 3.8) is 0 Å². The van der Waals surface area contributed by atoms with Crippen LogP contribution in [0.4, 0.5) is 0 Å². The highest BCUT2D eigenvalue weighted by atomic mass is 32.2. The van der Waals surface area contributed by atoms with E-state index in [9.17, 15) is 14.7 Å². The summed E-state index contributed by atoms with van der Waals surface area (Å²) in [7, 11) is 0. The maximum atomic E-state index is 11.0. The normalized spacial score (nSPS) is 13.4. The van der Waals surface area contributed by atoms with Gasteiger partial charge in [-0.3, -0.25) is 9.78 Å². The average molecular weight is 341 g/mol. The van der Waals surface area contributed by atoms with Gasteiger partial charge in [0.25, 0.3) is 0 Å². The van der Waals surface area contributed by atoms with Gasteiger partial charge in [0.15, 0.2) is 5.60 Å². The summed E-state index contributed by atoms with van der Waals surface area (Å²) >= 11 is 1.28. The lowest BCUT2D eigenvalue weighted by molar-refractivity contribution is -0.162. The van der Waals surface area contributed by atoms with E-state index in [-0.39, 0.29) is 5.75 Å². The van der Waals surface area contributed by atoms with Gasteiger partial charge in [-0.25, -0.2) is 4.79 Å². The molecule has 0 aromatic carbocycles. The molecule has 6 nitrogen and oxygen atoms in total. The maximum absolute atomic E-state index is 11.0. The monoisotopic (exact) mass is 341 g/mol. The van der Waals surface area contributed by atoms with E-state index in [2.05, 4.69) is 4.98 Å². The zero-order chi connectivity index (χ0) is 17.1. The molecule has 0 amide bonds. The third-order valence-corrected chi connectivity index (χ3v) is 4.64. The second-order valence-electron chi connectivity index (χ2n) is 5.45.